The van der Waals surface area contributed by atoms with Gasteiger partial charge in [-0.25, -0.2) is 0 Å². The van der Waals surface area contributed by atoms with Crippen molar-refractivity contribution in [2.24, 2.45) is 5.73 Å². The van der Waals surface area contributed by atoms with E-state index in [4.69, 9.17) is 32.1 Å². The summed E-state index contributed by atoms with van der Waals surface area (Å²) in [7, 11) is 3.67. The number of nitrogens with zero attached hydrogens (tertiary/aromatic N) is 4. The Morgan fingerprint density at radius 1 is 1.13 bits per heavy atom. The number of nitrogens with two attached hydrogens (primary N) is 3. The molecule has 0 spiro atoms. The number of hydrogen-bond acceptors (Lipinski definition) is 9. The molecule has 0 saturated carbocycles. The molecule has 11 nitrogen and oxygen atoms in total. The van der Waals surface area contributed by atoms with E-state index in [2.05, 4.69) is 21.4 Å². The molecule has 0 amide bonds. The van der Waals surface area contributed by atoms with Gasteiger partial charge in [0.25, 0.3) is 5.88 Å². The van der Waals surface area contributed by atoms with Gasteiger partial charge < -0.3 is 36.9 Å². The fraction of sp³-hybridized carbons (Fsp3) is 0.100. The number of nitrogens with one attached hydrogen (secondary N) is 2. The minimum atomic E-state index is -0.211. The van der Waals surface area contributed by atoms with Crippen molar-refractivity contribution in [3.05, 3.63) is 48.0 Å². The molecule has 2 aromatic carbocycles. The smallest absolute Gasteiger partial charge is 0.327 e. The van der Waals surface area contributed by atoms with Gasteiger partial charge in [0.05, 0.1) is 17.3 Å². The van der Waals surface area contributed by atoms with Gasteiger partial charge in [0.2, 0.25) is 0 Å². The number of guanidine groups is 1. The molecule has 0 saturated heterocycles. The van der Waals surface area contributed by atoms with Gasteiger partial charge in [0.1, 0.15) is 11.4 Å². The second kappa shape index (κ2) is 8.75. The molecule has 0 fully saturated rings. The lowest BCUT2D eigenvalue weighted by Gasteiger charge is -2.18. The minimum absolute atomic E-state index is 0.0151. The van der Waals surface area contributed by atoms with Crippen LogP contribution in [0, 0.1) is 16.7 Å². The molecule has 0 aliphatic heterocycles. The third-order valence-electron chi connectivity index (χ3n) is 4.02. The summed E-state index contributed by atoms with van der Waals surface area (Å²) in [6.07, 6.45) is 0. The van der Waals surface area contributed by atoms with Crippen molar-refractivity contribution >= 4 is 28.8 Å². The Morgan fingerprint density at radius 2 is 1.90 bits per heavy atom. The summed E-state index contributed by atoms with van der Waals surface area (Å²) in [5.74, 6) is 0.492. The van der Waals surface area contributed by atoms with Gasteiger partial charge in [-0.05, 0) is 24.3 Å². The average molecular weight is 419 g/mol. The first kappa shape index (κ1) is 21.0. The lowest BCUT2D eigenvalue weighted by Crippen LogP contribution is -2.20. The molecule has 11 heteroatoms. The van der Waals surface area contributed by atoms with Gasteiger partial charge in [-0.15, -0.1) is 0 Å². The average Bonchev–Trinajstić information content (AvgIpc) is 2.71. The van der Waals surface area contributed by atoms with Gasteiger partial charge >= 0.3 is 6.01 Å². The Hall–Kier alpha value is -4.72. The maximum atomic E-state index is 9.21. The number of ether oxygens (including phenoxy) is 2. The molecule has 1 aromatic heterocycles. The minimum Gasteiger partial charge on any atom is -0.435 e. The summed E-state index contributed by atoms with van der Waals surface area (Å²) in [5.41, 5.74) is 19.0. The molecule has 3 rings (SSSR count). The second-order valence-electron chi connectivity index (χ2n) is 6.57. The van der Waals surface area contributed by atoms with E-state index in [1.165, 1.54) is 0 Å². The molecule has 0 unspecified atom stereocenters. The van der Waals surface area contributed by atoms with Crippen LogP contribution in [0.1, 0.15) is 5.56 Å². The van der Waals surface area contributed by atoms with Crippen LogP contribution in [0.15, 0.2) is 42.5 Å². The van der Waals surface area contributed by atoms with Crippen molar-refractivity contribution < 1.29 is 9.47 Å². The molecular weight excluding hydrogens is 398 g/mol. The van der Waals surface area contributed by atoms with Crippen molar-refractivity contribution in [2.45, 2.75) is 0 Å². The Kier molecular flexibility index (Phi) is 5.92. The quantitative estimate of drug-likeness (QED) is 0.293. The zero-order valence-corrected chi connectivity index (χ0v) is 16.9. The van der Waals surface area contributed by atoms with E-state index in [-0.39, 0.29) is 29.4 Å². The molecule has 1 heterocycles. The van der Waals surface area contributed by atoms with Gasteiger partial charge in [0.15, 0.2) is 17.5 Å². The van der Waals surface area contributed by atoms with E-state index in [9.17, 15) is 5.26 Å². The van der Waals surface area contributed by atoms with Gasteiger partial charge in [0, 0.05) is 31.9 Å². The summed E-state index contributed by atoms with van der Waals surface area (Å²) in [6.45, 7) is 0. The van der Waals surface area contributed by atoms with E-state index in [1.807, 2.05) is 19.0 Å². The van der Waals surface area contributed by atoms with Gasteiger partial charge in [-0.1, -0.05) is 6.07 Å². The molecule has 3 aromatic rings. The fourth-order valence-corrected chi connectivity index (χ4v) is 2.61. The molecule has 0 aliphatic rings. The third-order valence-corrected chi connectivity index (χ3v) is 4.02. The van der Waals surface area contributed by atoms with Crippen LogP contribution in [0.4, 0.5) is 22.9 Å². The fourth-order valence-electron chi connectivity index (χ4n) is 2.61. The SMILES string of the molecule is CN(C)c1ccc(C#N)cc1Oc1nc(Oc2cccc(NC(=N)N)c2)nc(N)c1N. The molecule has 0 bridgehead atoms. The number of hydrogen-bond donors (Lipinski definition) is 5. The van der Waals surface area contributed by atoms with Crippen LogP contribution in [0.5, 0.6) is 23.4 Å². The maximum Gasteiger partial charge on any atom is 0.327 e. The van der Waals surface area contributed by atoms with Crippen LogP contribution < -0.4 is 36.9 Å². The predicted octanol–water partition coefficient (Wildman–Crippen LogP) is 2.47. The predicted molar refractivity (Wildman–Crippen MR) is 118 cm³/mol. The highest BCUT2D eigenvalue weighted by Crippen LogP contribution is 2.36. The molecule has 0 aliphatic carbocycles. The van der Waals surface area contributed by atoms with E-state index in [1.54, 1.807) is 42.5 Å². The number of anilines is 4. The third kappa shape index (κ3) is 5.01. The van der Waals surface area contributed by atoms with Crippen LogP contribution in [-0.2, 0) is 0 Å². The van der Waals surface area contributed by atoms with Crippen LogP contribution in [0.3, 0.4) is 0 Å². The highest BCUT2D eigenvalue weighted by atomic mass is 16.5. The van der Waals surface area contributed by atoms with Crippen LogP contribution in [0.2, 0.25) is 0 Å². The first-order chi connectivity index (χ1) is 14.8. The molecule has 0 radical (unpaired) electrons. The Bertz CT molecular complexity index is 1170. The van der Waals surface area contributed by atoms with Crippen molar-refractivity contribution in [3.63, 3.8) is 0 Å². The number of aromatic nitrogens is 2. The van der Waals surface area contributed by atoms with Crippen molar-refractivity contribution in [1.82, 2.24) is 9.97 Å². The largest absolute Gasteiger partial charge is 0.435 e. The lowest BCUT2D eigenvalue weighted by atomic mass is 10.2. The summed E-state index contributed by atoms with van der Waals surface area (Å²) in [4.78, 5) is 10.1. The van der Waals surface area contributed by atoms with Crippen LogP contribution in [0.25, 0.3) is 0 Å². The van der Waals surface area contributed by atoms with Crippen molar-refractivity contribution in [3.8, 4) is 29.5 Å². The molecule has 158 valence electrons. The van der Waals surface area contributed by atoms with Crippen molar-refractivity contribution in [1.29, 1.82) is 10.7 Å². The molecule has 8 N–H and O–H groups in total. The first-order valence-electron chi connectivity index (χ1n) is 8.98. The first-order valence-corrected chi connectivity index (χ1v) is 8.98. The zero-order chi connectivity index (χ0) is 22.5. The van der Waals surface area contributed by atoms with E-state index >= 15 is 0 Å². The zero-order valence-electron chi connectivity index (χ0n) is 16.9. The summed E-state index contributed by atoms with van der Waals surface area (Å²) in [6, 6.07) is 13.7. The second-order valence-corrected chi connectivity index (χ2v) is 6.57. The normalized spacial score (nSPS) is 10.1. The van der Waals surface area contributed by atoms with Crippen molar-refractivity contribution in [2.75, 3.05) is 35.8 Å². The molecule has 0 atom stereocenters. The van der Waals surface area contributed by atoms with Crippen LogP contribution >= 0.6 is 0 Å². The number of benzene rings is 2. The van der Waals surface area contributed by atoms with Gasteiger partial charge in [-0.2, -0.15) is 15.2 Å². The van der Waals surface area contributed by atoms with E-state index < -0.39 is 0 Å². The molecular formula is C20H21N9O2. The Balaban J connectivity index is 1.94. The van der Waals surface area contributed by atoms with Gasteiger partial charge in [-0.3, -0.25) is 5.41 Å². The Morgan fingerprint density at radius 3 is 2.58 bits per heavy atom. The highest BCUT2D eigenvalue weighted by molar-refractivity contribution is 5.89. The monoisotopic (exact) mass is 419 g/mol. The number of nitriles is 1. The van der Waals surface area contributed by atoms with E-state index in [0.29, 0.717) is 28.4 Å². The number of nitrogen functional groups attached to an aromatic ring is 2. The summed E-state index contributed by atoms with van der Waals surface area (Å²) < 4.78 is 11.6. The standard InChI is InChI=1S/C20H21N9O2/c1-29(2)14-7-6-11(10-21)8-15(14)31-18-16(22)17(23)27-20(28-18)30-13-5-3-4-12(9-13)26-19(24)25/h3-9H,22H2,1-2H3,(H2,23,27,28)(H4,24,25,26). The molecule has 31 heavy (non-hydrogen) atoms. The summed E-state index contributed by atoms with van der Waals surface area (Å²) >= 11 is 0. The summed E-state index contributed by atoms with van der Waals surface area (Å²) in [5, 5.41) is 19.2. The topological polar surface area (TPSA) is 185 Å². The Labute approximate surface area is 178 Å². The maximum absolute atomic E-state index is 9.21. The van der Waals surface area contributed by atoms with E-state index in [0.717, 1.165) is 0 Å². The lowest BCUT2D eigenvalue weighted by molar-refractivity contribution is 0.414. The number of rotatable bonds is 6. The highest BCUT2D eigenvalue weighted by Gasteiger charge is 2.16. The van der Waals surface area contributed by atoms with Crippen LogP contribution in [-0.4, -0.2) is 30.0 Å².